The molecular formula is C19H23N5O. The minimum absolute atomic E-state index is 0.105. The molecule has 0 aliphatic carbocycles. The highest BCUT2D eigenvalue weighted by molar-refractivity contribution is 5.81. The van der Waals surface area contributed by atoms with Crippen LogP contribution in [0, 0.1) is 6.92 Å². The smallest absolute Gasteiger partial charge is 0.343 e. The average Bonchev–Trinajstić information content (AvgIpc) is 3.02. The number of rotatable bonds is 3. The lowest BCUT2D eigenvalue weighted by molar-refractivity contribution is 0.463. The first-order valence-electron chi connectivity index (χ1n) is 8.94. The molecule has 1 aromatic carbocycles. The van der Waals surface area contributed by atoms with E-state index in [0.29, 0.717) is 12.5 Å². The van der Waals surface area contributed by atoms with E-state index in [1.165, 1.54) is 10.9 Å². The predicted molar refractivity (Wildman–Crippen MR) is 99.2 cm³/mol. The molecule has 0 spiro atoms. The number of nitrogens with zero attached hydrogens (tertiary/aromatic N) is 4. The lowest BCUT2D eigenvalue weighted by Crippen LogP contribution is -2.35. The second-order valence-corrected chi connectivity index (χ2v) is 6.71. The molecule has 0 radical (unpaired) electrons. The summed E-state index contributed by atoms with van der Waals surface area (Å²) >= 11 is 0. The Morgan fingerprint density at radius 1 is 1.24 bits per heavy atom. The minimum atomic E-state index is -0.105. The molecule has 0 unspecified atom stereocenters. The number of nitrogens with one attached hydrogen (secondary N) is 1. The van der Waals surface area contributed by atoms with E-state index in [4.69, 9.17) is 4.98 Å². The third-order valence-electron chi connectivity index (χ3n) is 5.15. The number of aromatic amines is 1. The van der Waals surface area contributed by atoms with Crippen LogP contribution in [0.4, 0.5) is 5.82 Å². The number of aromatic nitrogens is 4. The van der Waals surface area contributed by atoms with Crippen molar-refractivity contribution >= 4 is 16.7 Å². The second kappa shape index (κ2) is 6.35. The van der Waals surface area contributed by atoms with E-state index in [1.807, 2.05) is 19.1 Å². The lowest BCUT2D eigenvalue weighted by atomic mass is 9.95. The first kappa shape index (κ1) is 15.9. The van der Waals surface area contributed by atoms with Gasteiger partial charge in [0.1, 0.15) is 11.6 Å². The van der Waals surface area contributed by atoms with Crippen LogP contribution in [0.25, 0.3) is 10.9 Å². The van der Waals surface area contributed by atoms with Gasteiger partial charge in [-0.15, -0.1) is 0 Å². The Kier molecular flexibility index (Phi) is 4.03. The summed E-state index contributed by atoms with van der Waals surface area (Å²) in [6.45, 7) is 6.64. The molecule has 3 aromatic rings. The molecule has 1 fully saturated rings. The molecule has 4 rings (SSSR count). The highest BCUT2D eigenvalue weighted by atomic mass is 16.1. The van der Waals surface area contributed by atoms with E-state index >= 15 is 0 Å². The SMILES string of the molecule is CCn1c(C2CCN(c3nc4ccccc4cc3C)CC2)n[nH]c1=O. The zero-order valence-corrected chi connectivity index (χ0v) is 14.7. The molecule has 2 aromatic heterocycles. The van der Waals surface area contributed by atoms with Gasteiger partial charge in [0.15, 0.2) is 0 Å². The molecule has 1 N–H and O–H groups in total. The third kappa shape index (κ3) is 2.81. The van der Waals surface area contributed by atoms with Crippen molar-refractivity contribution < 1.29 is 0 Å². The number of pyridine rings is 1. The molecule has 1 aliphatic heterocycles. The van der Waals surface area contributed by atoms with Gasteiger partial charge in [0, 0.05) is 30.9 Å². The van der Waals surface area contributed by atoms with Gasteiger partial charge in [-0.1, -0.05) is 18.2 Å². The minimum Gasteiger partial charge on any atom is -0.356 e. The average molecular weight is 337 g/mol. The number of hydrogen-bond donors (Lipinski definition) is 1. The van der Waals surface area contributed by atoms with Crippen molar-refractivity contribution in [3.63, 3.8) is 0 Å². The van der Waals surface area contributed by atoms with Gasteiger partial charge >= 0.3 is 5.69 Å². The molecule has 130 valence electrons. The molecule has 0 amide bonds. The molecular weight excluding hydrogens is 314 g/mol. The van der Waals surface area contributed by atoms with E-state index in [-0.39, 0.29) is 5.69 Å². The first-order chi connectivity index (χ1) is 12.2. The van der Waals surface area contributed by atoms with Gasteiger partial charge in [0.2, 0.25) is 0 Å². The van der Waals surface area contributed by atoms with E-state index in [1.54, 1.807) is 4.57 Å². The normalized spacial score (nSPS) is 15.8. The van der Waals surface area contributed by atoms with Gasteiger partial charge in [0.25, 0.3) is 0 Å². The van der Waals surface area contributed by atoms with Gasteiger partial charge in [-0.2, -0.15) is 5.10 Å². The number of aryl methyl sites for hydroxylation is 1. The molecule has 0 atom stereocenters. The van der Waals surface area contributed by atoms with Crippen LogP contribution in [0.5, 0.6) is 0 Å². The van der Waals surface area contributed by atoms with Gasteiger partial charge in [0.05, 0.1) is 5.52 Å². The van der Waals surface area contributed by atoms with Crippen LogP contribution in [0.3, 0.4) is 0 Å². The molecule has 3 heterocycles. The molecule has 1 aliphatic rings. The van der Waals surface area contributed by atoms with Gasteiger partial charge in [-0.3, -0.25) is 4.57 Å². The fourth-order valence-corrected chi connectivity index (χ4v) is 3.83. The summed E-state index contributed by atoms with van der Waals surface area (Å²) in [7, 11) is 0. The van der Waals surface area contributed by atoms with Crippen molar-refractivity contribution in [3.05, 3.63) is 52.2 Å². The van der Waals surface area contributed by atoms with Crippen molar-refractivity contribution in [2.24, 2.45) is 0 Å². The highest BCUT2D eigenvalue weighted by Gasteiger charge is 2.26. The Bertz CT molecular complexity index is 950. The number of fused-ring (bicyclic) bond motifs is 1. The molecule has 1 saturated heterocycles. The molecule has 25 heavy (non-hydrogen) atoms. The second-order valence-electron chi connectivity index (χ2n) is 6.71. The summed E-state index contributed by atoms with van der Waals surface area (Å²) in [4.78, 5) is 19.0. The topological polar surface area (TPSA) is 66.8 Å². The zero-order chi connectivity index (χ0) is 17.4. The van der Waals surface area contributed by atoms with Gasteiger partial charge < -0.3 is 4.90 Å². The van der Waals surface area contributed by atoms with Gasteiger partial charge in [-0.25, -0.2) is 14.9 Å². The summed E-state index contributed by atoms with van der Waals surface area (Å²) in [5.74, 6) is 2.30. The van der Waals surface area contributed by atoms with E-state index < -0.39 is 0 Å². The van der Waals surface area contributed by atoms with Crippen LogP contribution >= 0.6 is 0 Å². The maximum atomic E-state index is 11.8. The number of para-hydroxylation sites is 1. The van der Waals surface area contributed by atoms with Crippen LogP contribution in [0.2, 0.25) is 0 Å². The fraction of sp³-hybridized carbons (Fsp3) is 0.421. The van der Waals surface area contributed by atoms with Gasteiger partial charge in [-0.05, 0) is 44.4 Å². The third-order valence-corrected chi connectivity index (χ3v) is 5.15. The quantitative estimate of drug-likeness (QED) is 0.798. The Morgan fingerprint density at radius 3 is 2.76 bits per heavy atom. The van der Waals surface area contributed by atoms with Crippen LogP contribution in [0.1, 0.15) is 37.1 Å². The monoisotopic (exact) mass is 337 g/mol. The number of piperidine rings is 1. The van der Waals surface area contributed by atoms with E-state index in [0.717, 1.165) is 43.1 Å². The standard InChI is InChI=1S/C19H23N5O/c1-3-24-18(21-22-19(24)25)14-8-10-23(11-9-14)17-13(2)12-15-6-4-5-7-16(15)20-17/h4-7,12,14H,3,8-11H2,1-2H3,(H,22,25). The number of benzene rings is 1. The molecule has 6 heteroatoms. The van der Waals surface area contributed by atoms with Crippen molar-refractivity contribution in [1.29, 1.82) is 0 Å². The Morgan fingerprint density at radius 2 is 2.00 bits per heavy atom. The molecule has 6 nitrogen and oxygen atoms in total. The number of anilines is 1. The summed E-state index contributed by atoms with van der Waals surface area (Å²) in [5, 5.41) is 8.03. The maximum Gasteiger partial charge on any atom is 0.343 e. The number of H-pyrrole nitrogens is 1. The summed E-state index contributed by atoms with van der Waals surface area (Å²) in [5.41, 5.74) is 2.15. The predicted octanol–water partition coefficient (Wildman–Crippen LogP) is 2.83. The molecule has 0 bridgehead atoms. The van der Waals surface area contributed by atoms with Crippen LogP contribution < -0.4 is 10.6 Å². The van der Waals surface area contributed by atoms with Crippen molar-refractivity contribution in [3.8, 4) is 0 Å². The summed E-state index contributed by atoms with van der Waals surface area (Å²) in [6, 6.07) is 10.5. The van der Waals surface area contributed by atoms with Crippen LogP contribution in [-0.4, -0.2) is 32.8 Å². The summed E-state index contributed by atoms with van der Waals surface area (Å²) < 4.78 is 1.75. The highest BCUT2D eigenvalue weighted by Crippen LogP contribution is 2.30. The van der Waals surface area contributed by atoms with Crippen molar-refractivity contribution in [2.45, 2.75) is 39.2 Å². The van der Waals surface area contributed by atoms with Crippen molar-refractivity contribution in [2.75, 3.05) is 18.0 Å². The maximum absolute atomic E-state index is 11.8. The fourth-order valence-electron chi connectivity index (χ4n) is 3.83. The van der Waals surface area contributed by atoms with Crippen LogP contribution in [0.15, 0.2) is 35.1 Å². The largest absolute Gasteiger partial charge is 0.356 e. The lowest BCUT2D eigenvalue weighted by Gasteiger charge is -2.33. The first-order valence-corrected chi connectivity index (χ1v) is 8.94. The van der Waals surface area contributed by atoms with Crippen LogP contribution in [-0.2, 0) is 6.54 Å². The van der Waals surface area contributed by atoms with Crippen molar-refractivity contribution in [1.82, 2.24) is 19.7 Å². The Hall–Kier alpha value is -2.63. The molecule has 0 saturated carbocycles. The Balaban J connectivity index is 1.56. The Labute approximate surface area is 146 Å². The summed E-state index contributed by atoms with van der Waals surface area (Å²) in [6.07, 6.45) is 1.97. The van der Waals surface area contributed by atoms with E-state index in [2.05, 4.69) is 40.2 Å². The zero-order valence-electron chi connectivity index (χ0n) is 14.7. The number of hydrogen-bond acceptors (Lipinski definition) is 4. The van der Waals surface area contributed by atoms with E-state index in [9.17, 15) is 4.79 Å².